The largest absolute Gasteiger partial charge is 0.399 e. The molecule has 0 saturated heterocycles. The van der Waals surface area contributed by atoms with Crippen molar-refractivity contribution in [3.05, 3.63) is 24.3 Å². The number of hydrogen-bond acceptors (Lipinski definition) is 4. The Hall–Kier alpha value is -1.11. The fourth-order valence-electron chi connectivity index (χ4n) is 2.24. The SMILES string of the molecule is Nc1cccc(S(=O)(=O)NCC2CCCC2O)c1. The van der Waals surface area contributed by atoms with Crippen LogP contribution in [0.1, 0.15) is 19.3 Å². The van der Waals surface area contributed by atoms with Gasteiger partial charge in [-0.2, -0.15) is 0 Å². The van der Waals surface area contributed by atoms with Gasteiger partial charge in [0.05, 0.1) is 11.0 Å². The van der Waals surface area contributed by atoms with Crippen molar-refractivity contribution in [3.63, 3.8) is 0 Å². The van der Waals surface area contributed by atoms with Crippen LogP contribution in [0, 0.1) is 5.92 Å². The van der Waals surface area contributed by atoms with Crippen molar-refractivity contribution in [2.24, 2.45) is 5.92 Å². The summed E-state index contributed by atoms with van der Waals surface area (Å²) >= 11 is 0. The molecular formula is C12H18N2O3S. The molecule has 0 bridgehead atoms. The summed E-state index contributed by atoms with van der Waals surface area (Å²) in [5, 5.41) is 9.65. The average Bonchev–Trinajstić information content (AvgIpc) is 2.72. The molecule has 0 aliphatic heterocycles. The molecule has 5 nitrogen and oxygen atoms in total. The van der Waals surface area contributed by atoms with Gasteiger partial charge in [-0.1, -0.05) is 12.5 Å². The van der Waals surface area contributed by atoms with Gasteiger partial charge in [-0.3, -0.25) is 0 Å². The van der Waals surface area contributed by atoms with Crippen LogP contribution in [0.5, 0.6) is 0 Å². The molecule has 2 atom stereocenters. The highest BCUT2D eigenvalue weighted by molar-refractivity contribution is 7.89. The van der Waals surface area contributed by atoms with Crippen LogP contribution in [0.4, 0.5) is 5.69 Å². The highest BCUT2D eigenvalue weighted by atomic mass is 32.2. The zero-order chi connectivity index (χ0) is 13.2. The highest BCUT2D eigenvalue weighted by Gasteiger charge is 2.26. The number of nitrogens with two attached hydrogens (primary N) is 1. The van der Waals surface area contributed by atoms with E-state index in [-0.39, 0.29) is 17.4 Å². The van der Waals surface area contributed by atoms with Gasteiger partial charge in [0.2, 0.25) is 10.0 Å². The second-order valence-corrected chi connectivity index (χ2v) is 6.45. The van der Waals surface area contributed by atoms with Crippen LogP contribution < -0.4 is 10.5 Å². The molecule has 6 heteroatoms. The molecule has 1 aromatic carbocycles. The van der Waals surface area contributed by atoms with Crippen LogP contribution in [0.2, 0.25) is 0 Å². The lowest BCUT2D eigenvalue weighted by Gasteiger charge is -2.15. The summed E-state index contributed by atoms with van der Waals surface area (Å²) in [5.74, 6) is 0.0147. The smallest absolute Gasteiger partial charge is 0.240 e. The summed E-state index contributed by atoms with van der Waals surface area (Å²) < 4.78 is 26.5. The first kappa shape index (κ1) is 13.3. The summed E-state index contributed by atoms with van der Waals surface area (Å²) in [6.45, 7) is 0.276. The van der Waals surface area contributed by atoms with E-state index in [0.29, 0.717) is 5.69 Å². The summed E-state index contributed by atoms with van der Waals surface area (Å²) in [7, 11) is -3.53. The Labute approximate surface area is 107 Å². The van der Waals surface area contributed by atoms with Gasteiger partial charge in [0.1, 0.15) is 0 Å². The molecule has 0 heterocycles. The third-order valence-corrected chi connectivity index (χ3v) is 4.74. The maximum Gasteiger partial charge on any atom is 0.240 e. The van der Waals surface area contributed by atoms with Crippen molar-refractivity contribution in [1.29, 1.82) is 0 Å². The maximum atomic E-state index is 12.0. The lowest BCUT2D eigenvalue weighted by molar-refractivity contribution is 0.134. The quantitative estimate of drug-likeness (QED) is 0.702. The van der Waals surface area contributed by atoms with E-state index in [9.17, 15) is 13.5 Å². The van der Waals surface area contributed by atoms with E-state index in [1.807, 2.05) is 0 Å². The molecule has 1 fully saturated rings. The van der Waals surface area contributed by atoms with Crippen LogP contribution >= 0.6 is 0 Å². The number of aliphatic hydroxyl groups excluding tert-OH is 1. The Morgan fingerprint density at radius 1 is 1.39 bits per heavy atom. The first-order chi connectivity index (χ1) is 8.49. The minimum absolute atomic E-state index is 0.0147. The predicted molar refractivity (Wildman–Crippen MR) is 69.4 cm³/mol. The van der Waals surface area contributed by atoms with E-state index in [1.165, 1.54) is 12.1 Å². The average molecular weight is 270 g/mol. The molecule has 18 heavy (non-hydrogen) atoms. The second kappa shape index (κ2) is 5.26. The maximum absolute atomic E-state index is 12.0. The molecular weight excluding hydrogens is 252 g/mol. The normalized spacial score (nSPS) is 24.3. The summed E-state index contributed by atoms with van der Waals surface area (Å²) in [6, 6.07) is 6.17. The summed E-state index contributed by atoms with van der Waals surface area (Å²) in [4.78, 5) is 0.162. The minimum Gasteiger partial charge on any atom is -0.399 e. The third kappa shape index (κ3) is 3.01. The number of rotatable bonds is 4. The van der Waals surface area contributed by atoms with E-state index in [0.717, 1.165) is 19.3 Å². The standard InChI is InChI=1S/C12H18N2O3S/c13-10-4-2-5-11(7-10)18(16,17)14-8-9-3-1-6-12(9)15/h2,4-5,7,9,12,14-15H,1,3,6,8,13H2. The van der Waals surface area contributed by atoms with Gasteiger partial charge in [0.15, 0.2) is 0 Å². The van der Waals surface area contributed by atoms with Gasteiger partial charge >= 0.3 is 0 Å². The molecule has 4 N–H and O–H groups in total. The second-order valence-electron chi connectivity index (χ2n) is 4.68. The molecule has 1 aliphatic rings. The molecule has 1 aliphatic carbocycles. The molecule has 2 rings (SSSR count). The fraction of sp³-hybridized carbons (Fsp3) is 0.500. The zero-order valence-electron chi connectivity index (χ0n) is 10.0. The Bertz CT molecular complexity index is 516. The van der Waals surface area contributed by atoms with Crippen molar-refractivity contribution >= 4 is 15.7 Å². The van der Waals surface area contributed by atoms with Crippen LogP contribution in [0.25, 0.3) is 0 Å². The van der Waals surface area contributed by atoms with Crippen molar-refractivity contribution in [1.82, 2.24) is 4.72 Å². The molecule has 0 amide bonds. The van der Waals surface area contributed by atoms with Crippen molar-refractivity contribution in [3.8, 4) is 0 Å². The molecule has 1 saturated carbocycles. The number of anilines is 1. The zero-order valence-corrected chi connectivity index (χ0v) is 10.9. The molecule has 0 radical (unpaired) electrons. The van der Waals surface area contributed by atoms with E-state index in [4.69, 9.17) is 5.73 Å². The number of aliphatic hydroxyl groups is 1. The van der Waals surface area contributed by atoms with Gasteiger partial charge in [0, 0.05) is 12.2 Å². The Morgan fingerprint density at radius 2 is 2.17 bits per heavy atom. The molecule has 0 aromatic heterocycles. The van der Waals surface area contributed by atoms with Gasteiger partial charge in [-0.15, -0.1) is 0 Å². The summed E-state index contributed by atoms with van der Waals surface area (Å²) in [5.41, 5.74) is 5.98. The lowest BCUT2D eigenvalue weighted by Crippen LogP contribution is -2.32. The lowest BCUT2D eigenvalue weighted by atomic mass is 10.1. The minimum atomic E-state index is -3.53. The van der Waals surface area contributed by atoms with Crippen LogP contribution in [0.15, 0.2) is 29.2 Å². The van der Waals surface area contributed by atoms with Crippen molar-refractivity contribution < 1.29 is 13.5 Å². The Kier molecular flexibility index (Phi) is 3.89. The topological polar surface area (TPSA) is 92.4 Å². The number of nitrogens with one attached hydrogen (secondary N) is 1. The first-order valence-corrected chi connectivity index (χ1v) is 7.50. The van der Waals surface area contributed by atoms with E-state index in [1.54, 1.807) is 12.1 Å². The van der Waals surface area contributed by atoms with E-state index in [2.05, 4.69) is 4.72 Å². The van der Waals surface area contributed by atoms with Gasteiger partial charge in [-0.05, 0) is 37.0 Å². The van der Waals surface area contributed by atoms with Crippen molar-refractivity contribution in [2.45, 2.75) is 30.3 Å². The van der Waals surface area contributed by atoms with Gasteiger partial charge in [-0.25, -0.2) is 13.1 Å². The summed E-state index contributed by atoms with van der Waals surface area (Å²) in [6.07, 6.45) is 2.17. The number of sulfonamides is 1. The fourth-order valence-corrected chi connectivity index (χ4v) is 3.39. The molecule has 2 unspecified atom stereocenters. The molecule has 1 aromatic rings. The van der Waals surface area contributed by atoms with E-state index >= 15 is 0 Å². The Balaban J connectivity index is 2.03. The van der Waals surface area contributed by atoms with Crippen LogP contribution in [0.3, 0.4) is 0 Å². The Morgan fingerprint density at radius 3 is 2.78 bits per heavy atom. The monoisotopic (exact) mass is 270 g/mol. The number of nitrogen functional groups attached to an aromatic ring is 1. The van der Waals surface area contributed by atoms with Gasteiger partial charge in [0.25, 0.3) is 0 Å². The number of hydrogen-bond donors (Lipinski definition) is 3. The third-order valence-electron chi connectivity index (χ3n) is 3.32. The van der Waals surface area contributed by atoms with Crippen LogP contribution in [-0.2, 0) is 10.0 Å². The molecule has 0 spiro atoms. The predicted octanol–water partition coefficient (Wildman–Crippen LogP) is 0.708. The van der Waals surface area contributed by atoms with Crippen molar-refractivity contribution in [2.75, 3.05) is 12.3 Å². The van der Waals surface area contributed by atoms with E-state index < -0.39 is 16.1 Å². The highest BCUT2D eigenvalue weighted by Crippen LogP contribution is 2.25. The van der Waals surface area contributed by atoms with Gasteiger partial charge < -0.3 is 10.8 Å². The first-order valence-electron chi connectivity index (χ1n) is 6.02. The number of benzene rings is 1. The van der Waals surface area contributed by atoms with Crippen LogP contribution in [-0.4, -0.2) is 26.2 Å². The molecule has 100 valence electrons.